The highest BCUT2D eigenvalue weighted by Crippen LogP contribution is 2.64. The van der Waals surface area contributed by atoms with Gasteiger partial charge in [0.15, 0.2) is 8.32 Å². The summed E-state index contributed by atoms with van der Waals surface area (Å²) in [6.45, 7) is 9.60. The van der Waals surface area contributed by atoms with E-state index in [1.807, 2.05) is 0 Å². The van der Waals surface area contributed by atoms with E-state index in [1.54, 1.807) is 57.2 Å². The molecule has 0 fully saturated rings. The Hall–Kier alpha value is -4.75. The molecule has 2 aromatic carbocycles. The number of ether oxygens (including phenoxy) is 4. The van der Waals surface area contributed by atoms with Crippen molar-refractivity contribution in [3.63, 3.8) is 0 Å². The van der Waals surface area contributed by atoms with Crippen LogP contribution in [0, 0.1) is 5.92 Å². The van der Waals surface area contributed by atoms with Crippen molar-refractivity contribution in [2.45, 2.75) is 132 Å². The lowest BCUT2D eigenvalue weighted by Crippen LogP contribution is -2.74. The number of alkyl halides is 17. The van der Waals surface area contributed by atoms with Crippen LogP contribution < -0.4 is 14.8 Å². The lowest BCUT2D eigenvalue weighted by atomic mass is 9.88. The van der Waals surface area contributed by atoms with Crippen molar-refractivity contribution < 1.29 is 108 Å². The number of rotatable bonds is 26. The molecule has 26 heteroatoms. The number of hydrogen-bond acceptors (Lipinski definition) is 7. The topological polar surface area (TPSA) is 92.3 Å². The summed E-state index contributed by atoms with van der Waals surface area (Å²) < 4.78 is 264. The Morgan fingerprint density at radius 3 is 1.63 bits per heavy atom. The standard InChI is InChI=1S/C44H52F17NO7Si/c1-9-66-34(63)25-28(6)11-10-12-29(7)35(69-36(64)62-31-15-19-32(65-8)20-16-31)30-13-17-33(18-14-30)67-22-23-68-70(26(2)3,27(4)5)24-21-37(45,46)38(47,48)39(49,50)40(51,52)41(53,54)42(55,56)43(57,58)44(59,60)61/h10-11,13-20,25-27,29,35H,9,12,21-24H2,1-8H3,(H,62,64)/b11-10+,28-25+/t29-,35-/m1/s1. The molecule has 0 aromatic heterocycles. The Balaban J connectivity index is 2.32. The minimum atomic E-state index is -8.70. The average molecular weight is 1060 g/mol. The minimum Gasteiger partial charge on any atom is -0.497 e. The van der Waals surface area contributed by atoms with E-state index < -0.39 is 117 Å². The first kappa shape index (κ1) is 61.4. The Morgan fingerprint density at radius 2 is 1.16 bits per heavy atom. The first-order valence-electron chi connectivity index (χ1n) is 21.1. The summed E-state index contributed by atoms with van der Waals surface area (Å²) in [6.07, 6.45) is -7.14. The third kappa shape index (κ3) is 13.2. The first-order chi connectivity index (χ1) is 31.8. The van der Waals surface area contributed by atoms with Gasteiger partial charge in [-0.3, -0.25) is 5.32 Å². The molecule has 0 aliphatic heterocycles. The molecule has 0 heterocycles. The number of hydrogen-bond donors (Lipinski definition) is 1. The molecule has 0 saturated carbocycles. The molecule has 1 amide bonds. The van der Waals surface area contributed by atoms with Crippen LogP contribution >= 0.6 is 0 Å². The summed E-state index contributed by atoms with van der Waals surface area (Å²) in [5.41, 5.74) is -0.379. The van der Waals surface area contributed by atoms with Crippen molar-refractivity contribution in [3.8, 4) is 11.5 Å². The maximum atomic E-state index is 15.1. The fourth-order valence-corrected chi connectivity index (χ4v) is 11.4. The maximum absolute atomic E-state index is 15.1. The van der Waals surface area contributed by atoms with Crippen LogP contribution in [-0.4, -0.2) is 94.9 Å². The Morgan fingerprint density at radius 1 is 0.671 bits per heavy atom. The molecule has 1 N–H and O–H groups in total. The lowest BCUT2D eigenvalue weighted by Gasteiger charge is -2.44. The minimum absolute atomic E-state index is 0.132. The van der Waals surface area contributed by atoms with Gasteiger partial charge in [0.2, 0.25) is 0 Å². The zero-order valence-corrected chi connectivity index (χ0v) is 39.7. The van der Waals surface area contributed by atoms with Gasteiger partial charge in [-0.1, -0.05) is 58.9 Å². The number of benzene rings is 2. The molecule has 70 heavy (non-hydrogen) atoms. The summed E-state index contributed by atoms with van der Waals surface area (Å²) in [7, 11) is -2.57. The lowest BCUT2D eigenvalue weighted by molar-refractivity contribution is -0.461. The van der Waals surface area contributed by atoms with Gasteiger partial charge in [-0.05, 0) is 84.9 Å². The highest BCUT2D eigenvalue weighted by molar-refractivity contribution is 6.76. The largest absolute Gasteiger partial charge is 0.497 e. The van der Waals surface area contributed by atoms with Crippen molar-refractivity contribution in [1.82, 2.24) is 0 Å². The summed E-state index contributed by atoms with van der Waals surface area (Å²) in [6, 6.07) is 10.9. The highest BCUT2D eigenvalue weighted by Gasteiger charge is 2.95. The van der Waals surface area contributed by atoms with Crippen molar-refractivity contribution in [3.05, 3.63) is 77.9 Å². The Bertz CT molecular complexity index is 2070. The van der Waals surface area contributed by atoms with Crippen LogP contribution in [0.3, 0.4) is 0 Å². The molecule has 2 atom stereocenters. The summed E-state index contributed by atoms with van der Waals surface area (Å²) in [5.74, 6) is -57.2. The van der Waals surface area contributed by atoms with E-state index in [9.17, 15) is 75.4 Å². The number of carbonyl (C=O) groups is 2. The molecule has 0 radical (unpaired) electrons. The van der Waals surface area contributed by atoms with Gasteiger partial charge in [-0.15, -0.1) is 0 Å². The molecular weight excluding hydrogens is 1010 g/mol. The maximum Gasteiger partial charge on any atom is 0.460 e. The molecular formula is C44H52F17NO7Si. The van der Waals surface area contributed by atoms with Crippen LogP contribution in [0.25, 0.3) is 0 Å². The third-order valence-corrected chi connectivity index (χ3v) is 16.8. The predicted molar refractivity (Wildman–Crippen MR) is 223 cm³/mol. The quantitative estimate of drug-likeness (QED) is 0.0251. The Labute approximate surface area is 393 Å². The zero-order chi connectivity index (χ0) is 54.1. The number of halogens is 17. The number of carbonyl (C=O) groups excluding carboxylic acids is 2. The second-order valence-corrected chi connectivity index (χ2v) is 21.6. The first-order valence-corrected chi connectivity index (χ1v) is 23.3. The van der Waals surface area contributed by atoms with E-state index >= 15 is 8.78 Å². The van der Waals surface area contributed by atoms with Gasteiger partial charge >= 0.3 is 59.7 Å². The molecule has 0 unspecified atom stereocenters. The Kier molecular flexibility index (Phi) is 20.3. The van der Waals surface area contributed by atoms with E-state index in [1.165, 1.54) is 65.1 Å². The van der Waals surface area contributed by atoms with E-state index in [2.05, 4.69) is 5.32 Å². The van der Waals surface area contributed by atoms with Crippen LogP contribution in [0.2, 0.25) is 17.1 Å². The van der Waals surface area contributed by atoms with E-state index in [0.29, 0.717) is 29.0 Å². The fraction of sp³-hybridized carbons (Fsp3) is 0.591. The molecule has 0 bridgehead atoms. The van der Waals surface area contributed by atoms with Gasteiger partial charge in [0.1, 0.15) is 24.2 Å². The number of anilines is 1. The second kappa shape index (κ2) is 23.2. The van der Waals surface area contributed by atoms with Crippen LogP contribution in [0.15, 0.2) is 72.3 Å². The van der Waals surface area contributed by atoms with Crippen molar-refractivity contribution >= 4 is 26.1 Å². The molecule has 0 saturated heterocycles. The number of methoxy groups -OCH3 is 1. The molecule has 2 aromatic rings. The zero-order valence-electron chi connectivity index (χ0n) is 38.7. The number of amides is 1. The van der Waals surface area contributed by atoms with E-state index in [4.69, 9.17) is 23.4 Å². The fourth-order valence-electron chi connectivity index (χ4n) is 6.96. The van der Waals surface area contributed by atoms with Crippen LogP contribution in [0.1, 0.15) is 73.0 Å². The molecule has 0 aliphatic carbocycles. The van der Waals surface area contributed by atoms with Gasteiger partial charge < -0.3 is 23.4 Å². The molecule has 0 aliphatic rings. The summed E-state index contributed by atoms with van der Waals surface area (Å²) in [5, 5.41) is 2.61. The molecule has 0 spiro atoms. The van der Waals surface area contributed by atoms with Gasteiger partial charge in [-0.25, -0.2) is 9.59 Å². The van der Waals surface area contributed by atoms with Crippen molar-refractivity contribution in [1.29, 1.82) is 0 Å². The predicted octanol–water partition coefficient (Wildman–Crippen LogP) is 14.6. The van der Waals surface area contributed by atoms with Gasteiger partial charge in [0.05, 0.1) is 20.3 Å². The monoisotopic (exact) mass is 1060 g/mol. The second-order valence-electron chi connectivity index (χ2n) is 16.6. The van der Waals surface area contributed by atoms with Crippen LogP contribution in [0.5, 0.6) is 11.5 Å². The molecule has 2 rings (SSSR count). The van der Waals surface area contributed by atoms with E-state index in [0.717, 1.165) is 0 Å². The number of nitrogens with one attached hydrogen (secondary N) is 1. The smallest absolute Gasteiger partial charge is 0.460 e. The average Bonchev–Trinajstić information content (AvgIpc) is 3.24. The SMILES string of the molecule is CCOC(=O)/C=C(C)/C=C/C[C@@H](C)[C@@H](OC(=O)Nc1ccc(OC)cc1)c1ccc(OCCO[Si](CCC(F)(F)C(F)(F)C(F)(F)C(F)(F)C(F)(F)C(F)(F)C(F)(F)C(F)(F)F)(C(C)C)C(C)C)cc1. The normalized spacial score (nSPS) is 15.0. The summed E-state index contributed by atoms with van der Waals surface area (Å²) in [4.78, 5) is 24.9. The van der Waals surface area contributed by atoms with Crippen molar-refractivity contribution in [2.75, 3.05) is 32.2 Å². The highest BCUT2D eigenvalue weighted by atomic mass is 28.4. The van der Waals surface area contributed by atoms with Gasteiger partial charge in [0, 0.05) is 24.1 Å². The van der Waals surface area contributed by atoms with Crippen LogP contribution in [0.4, 0.5) is 85.1 Å². The molecule has 8 nitrogen and oxygen atoms in total. The number of allylic oxidation sites excluding steroid dienone is 3. The van der Waals surface area contributed by atoms with Gasteiger partial charge in [0.25, 0.3) is 0 Å². The van der Waals surface area contributed by atoms with E-state index in [-0.39, 0.29) is 12.4 Å². The molecule has 398 valence electrons. The number of esters is 1. The van der Waals surface area contributed by atoms with Gasteiger partial charge in [-0.2, -0.15) is 74.6 Å². The third-order valence-electron chi connectivity index (χ3n) is 11.1. The van der Waals surface area contributed by atoms with Crippen molar-refractivity contribution in [2.24, 2.45) is 5.92 Å². The summed E-state index contributed by atoms with van der Waals surface area (Å²) >= 11 is 0. The van der Waals surface area contributed by atoms with Crippen LogP contribution in [-0.2, 0) is 18.7 Å².